The molecule has 0 unspecified atom stereocenters. The number of hydrogen-bond acceptors (Lipinski definition) is 4. The maximum atomic E-state index is 11.7. The van der Waals surface area contributed by atoms with E-state index >= 15 is 0 Å². The number of rotatable bonds is 5. The van der Waals surface area contributed by atoms with Gasteiger partial charge in [-0.1, -0.05) is 0 Å². The fourth-order valence-corrected chi connectivity index (χ4v) is 1.70. The summed E-state index contributed by atoms with van der Waals surface area (Å²) in [6, 6.07) is 2.11. The normalized spacial score (nSPS) is 14.9. The van der Waals surface area contributed by atoms with Gasteiger partial charge in [0.2, 0.25) is 0 Å². The zero-order valence-electron chi connectivity index (χ0n) is 9.89. The smallest absolute Gasteiger partial charge is 0.253 e. The van der Waals surface area contributed by atoms with Crippen molar-refractivity contribution in [3.05, 3.63) is 24.0 Å². The lowest BCUT2D eigenvalue weighted by atomic mass is 10.2. The summed E-state index contributed by atoms with van der Waals surface area (Å²) in [5.74, 6) is -0.189. The van der Waals surface area contributed by atoms with Crippen LogP contribution in [-0.4, -0.2) is 47.1 Å². The molecule has 1 aromatic rings. The Morgan fingerprint density at radius 3 is 3.00 bits per heavy atom. The highest BCUT2D eigenvalue weighted by Crippen LogP contribution is 2.24. The van der Waals surface area contributed by atoms with Crippen LogP contribution in [0.15, 0.2) is 18.5 Å². The van der Waals surface area contributed by atoms with Gasteiger partial charge in [-0.3, -0.25) is 9.78 Å². The molecule has 5 heteroatoms. The van der Waals surface area contributed by atoms with Crippen molar-refractivity contribution in [3.63, 3.8) is 0 Å². The minimum Gasteiger partial charge on any atom is -0.506 e. The van der Waals surface area contributed by atoms with E-state index in [9.17, 15) is 9.90 Å². The quantitative estimate of drug-likeness (QED) is 0.785. The van der Waals surface area contributed by atoms with Crippen molar-refractivity contribution < 1.29 is 9.90 Å². The molecule has 1 amide bonds. The molecule has 2 N–H and O–H groups in total. The van der Waals surface area contributed by atoms with Gasteiger partial charge in [0.25, 0.3) is 5.91 Å². The Balaban J connectivity index is 1.76. The molecule has 1 heterocycles. The van der Waals surface area contributed by atoms with E-state index in [1.165, 1.54) is 31.3 Å². The lowest BCUT2D eigenvalue weighted by Gasteiger charge is -2.15. The molecule has 1 aromatic heterocycles. The first-order valence-electron chi connectivity index (χ1n) is 5.79. The summed E-state index contributed by atoms with van der Waals surface area (Å²) in [7, 11) is 2.07. The van der Waals surface area contributed by atoms with E-state index in [1.807, 2.05) is 0 Å². The van der Waals surface area contributed by atoms with Crippen LogP contribution >= 0.6 is 0 Å². The highest BCUT2D eigenvalue weighted by atomic mass is 16.3. The number of amides is 1. The van der Waals surface area contributed by atoms with Gasteiger partial charge < -0.3 is 15.3 Å². The number of carbonyl (C=O) groups is 1. The van der Waals surface area contributed by atoms with Gasteiger partial charge in [0.05, 0.1) is 11.8 Å². The summed E-state index contributed by atoms with van der Waals surface area (Å²) in [5, 5.41) is 12.0. The van der Waals surface area contributed by atoms with Gasteiger partial charge in [-0.15, -0.1) is 0 Å². The van der Waals surface area contributed by atoms with E-state index in [0.29, 0.717) is 18.2 Å². The number of aromatic nitrogens is 1. The molecule has 0 aliphatic heterocycles. The molecule has 0 spiro atoms. The third-order valence-electron chi connectivity index (χ3n) is 2.91. The molecule has 17 heavy (non-hydrogen) atoms. The van der Waals surface area contributed by atoms with E-state index < -0.39 is 0 Å². The Morgan fingerprint density at radius 2 is 2.35 bits per heavy atom. The predicted molar refractivity (Wildman–Crippen MR) is 63.9 cm³/mol. The summed E-state index contributed by atoms with van der Waals surface area (Å²) < 4.78 is 0. The average Bonchev–Trinajstić information content (AvgIpc) is 3.12. The molecule has 0 aromatic carbocycles. The number of carbonyl (C=O) groups excluding carboxylic acids is 1. The van der Waals surface area contributed by atoms with Crippen molar-refractivity contribution in [2.45, 2.75) is 18.9 Å². The van der Waals surface area contributed by atoms with Crippen LogP contribution in [0, 0.1) is 0 Å². The summed E-state index contributed by atoms with van der Waals surface area (Å²) in [6.07, 6.45) is 5.28. The topological polar surface area (TPSA) is 65.5 Å². The van der Waals surface area contributed by atoms with Crippen molar-refractivity contribution in [1.82, 2.24) is 15.2 Å². The minimum atomic E-state index is -0.197. The van der Waals surface area contributed by atoms with Gasteiger partial charge in [0.1, 0.15) is 5.75 Å². The molecule has 0 atom stereocenters. The molecule has 1 saturated carbocycles. The molecule has 0 radical (unpaired) electrons. The standard InChI is InChI=1S/C12H17N3O2/c1-15(10-2-3-10)5-4-14-12(17)9-6-11(16)8-13-7-9/h6-8,10,16H,2-5H2,1H3,(H,14,17). The summed E-state index contributed by atoms with van der Waals surface area (Å²) >= 11 is 0. The maximum absolute atomic E-state index is 11.7. The highest BCUT2D eigenvalue weighted by Gasteiger charge is 2.25. The Hall–Kier alpha value is -1.62. The molecule has 0 bridgehead atoms. The van der Waals surface area contributed by atoms with E-state index in [-0.39, 0.29) is 11.7 Å². The van der Waals surface area contributed by atoms with Crippen LogP contribution in [0.2, 0.25) is 0 Å². The van der Waals surface area contributed by atoms with Gasteiger partial charge in [0, 0.05) is 25.3 Å². The molecule has 92 valence electrons. The average molecular weight is 235 g/mol. The van der Waals surface area contributed by atoms with Crippen molar-refractivity contribution in [2.75, 3.05) is 20.1 Å². The van der Waals surface area contributed by atoms with Crippen molar-refractivity contribution in [1.29, 1.82) is 0 Å². The Kier molecular flexibility index (Phi) is 3.58. The fraction of sp³-hybridized carbons (Fsp3) is 0.500. The Morgan fingerprint density at radius 1 is 1.59 bits per heavy atom. The number of hydrogen-bond donors (Lipinski definition) is 2. The van der Waals surface area contributed by atoms with Crippen LogP contribution < -0.4 is 5.32 Å². The van der Waals surface area contributed by atoms with Gasteiger partial charge in [-0.05, 0) is 26.0 Å². The molecule has 5 nitrogen and oxygen atoms in total. The van der Waals surface area contributed by atoms with Crippen LogP contribution in [0.1, 0.15) is 23.2 Å². The maximum Gasteiger partial charge on any atom is 0.253 e. The SMILES string of the molecule is CN(CCNC(=O)c1cncc(O)c1)C1CC1. The Bertz CT molecular complexity index is 404. The Labute approximate surface area is 100 Å². The third-order valence-corrected chi connectivity index (χ3v) is 2.91. The van der Waals surface area contributed by atoms with E-state index in [1.54, 1.807) is 0 Å². The van der Waals surface area contributed by atoms with E-state index in [2.05, 4.69) is 22.2 Å². The zero-order chi connectivity index (χ0) is 12.3. The zero-order valence-corrected chi connectivity index (χ0v) is 9.89. The molecular formula is C12H17N3O2. The first kappa shape index (κ1) is 11.9. The van der Waals surface area contributed by atoms with Gasteiger partial charge >= 0.3 is 0 Å². The van der Waals surface area contributed by atoms with E-state index in [4.69, 9.17) is 0 Å². The lowest BCUT2D eigenvalue weighted by Crippen LogP contribution is -2.33. The summed E-state index contributed by atoms with van der Waals surface area (Å²) in [4.78, 5) is 17.7. The number of likely N-dealkylation sites (N-methyl/N-ethyl adjacent to an activating group) is 1. The monoisotopic (exact) mass is 235 g/mol. The van der Waals surface area contributed by atoms with Crippen LogP contribution in [0.5, 0.6) is 5.75 Å². The van der Waals surface area contributed by atoms with Crippen LogP contribution in [0.4, 0.5) is 0 Å². The first-order chi connectivity index (χ1) is 8.16. The first-order valence-corrected chi connectivity index (χ1v) is 5.79. The molecule has 1 aliphatic carbocycles. The predicted octanol–water partition coefficient (Wildman–Crippen LogP) is 0.611. The van der Waals surface area contributed by atoms with E-state index in [0.717, 1.165) is 6.54 Å². The third kappa shape index (κ3) is 3.42. The molecule has 0 saturated heterocycles. The molecule has 2 rings (SSSR count). The second-order valence-corrected chi connectivity index (χ2v) is 4.40. The van der Waals surface area contributed by atoms with Crippen molar-refractivity contribution in [2.24, 2.45) is 0 Å². The largest absolute Gasteiger partial charge is 0.506 e. The van der Waals surface area contributed by atoms with Crippen LogP contribution in [0.3, 0.4) is 0 Å². The lowest BCUT2D eigenvalue weighted by molar-refractivity contribution is 0.0948. The number of nitrogens with zero attached hydrogens (tertiary/aromatic N) is 2. The highest BCUT2D eigenvalue weighted by molar-refractivity contribution is 5.94. The van der Waals surface area contributed by atoms with Crippen LogP contribution in [-0.2, 0) is 0 Å². The second kappa shape index (κ2) is 5.14. The summed E-state index contributed by atoms with van der Waals surface area (Å²) in [5.41, 5.74) is 0.388. The van der Waals surface area contributed by atoms with Crippen LogP contribution in [0.25, 0.3) is 0 Å². The van der Waals surface area contributed by atoms with Gasteiger partial charge in [-0.2, -0.15) is 0 Å². The summed E-state index contributed by atoms with van der Waals surface area (Å²) in [6.45, 7) is 1.46. The van der Waals surface area contributed by atoms with Gasteiger partial charge in [0.15, 0.2) is 0 Å². The molecule has 1 aliphatic rings. The van der Waals surface area contributed by atoms with Crippen molar-refractivity contribution in [3.8, 4) is 5.75 Å². The van der Waals surface area contributed by atoms with Gasteiger partial charge in [-0.25, -0.2) is 0 Å². The second-order valence-electron chi connectivity index (χ2n) is 4.40. The fourth-order valence-electron chi connectivity index (χ4n) is 1.70. The van der Waals surface area contributed by atoms with Crippen molar-refractivity contribution >= 4 is 5.91 Å². The molecule has 1 fully saturated rings. The number of aromatic hydroxyl groups is 1. The minimum absolute atomic E-state index is 0.00717. The number of nitrogens with one attached hydrogen (secondary N) is 1. The number of pyridine rings is 1. The molecular weight excluding hydrogens is 218 g/mol.